The first-order valence-electron chi connectivity index (χ1n) is 7.96. The number of benzene rings is 2. The maximum absolute atomic E-state index is 12.4. The van der Waals surface area contributed by atoms with Gasteiger partial charge in [0.25, 0.3) is 0 Å². The van der Waals surface area contributed by atoms with Gasteiger partial charge in [-0.25, -0.2) is 9.78 Å². The van der Waals surface area contributed by atoms with Crippen molar-refractivity contribution in [2.24, 2.45) is 0 Å². The second-order valence-electron chi connectivity index (χ2n) is 5.96. The zero-order valence-corrected chi connectivity index (χ0v) is 14.9. The van der Waals surface area contributed by atoms with Crippen molar-refractivity contribution in [1.29, 1.82) is 0 Å². The van der Waals surface area contributed by atoms with Crippen LogP contribution in [-0.2, 0) is 6.54 Å². The van der Waals surface area contributed by atoms with Gasteiger partial charge >= 0.3 is 6.03 Å². The second-order valence-corrected chi connectivity index (χ2v) is 7.07. The number of thiazole rings is 1. The van der Waals surface area contributed by atoms with Crippen LogP contribution in [0.5, 0.6) is 0 Å². The Morgan fingerprint density at radius 1 is 1.21 bits per heavy atom. The Balaban J connectivity index is 1.65. The molecule has 1 unspecified atom stereocenters. The molecule has 3 rings (SSSR count). The number of aromatic nitrogens is 1. The van der Waals surface area contributed by atoms with Crippen LogP contribution < -0.4 is 5.32 Å². The van der Waals surface area contributed by atoms with Crippen molar-refractivity contribution in [1.82, 2.24) is 15.2 Å². The molecule has 1 atom stereocenters. The molecule has 124 valence electrons. The molecule has 0 bridgehead atoms. The van der Waals surface area contributed by atoms with E-state index < -0.39 is 0 Å². The van der Waals surface area contributed by atoms with E-state index >= 15 is 0 Å². The van der Waals surface area contributed by atoms with Gasteiger partial charge in [0.05, 0.1) is 22.8 Å². The summed E-state index contributed by atoms with van der Waals surface area (Å²) in [6, 6.07) is 16.0. The molecule has 1 aromatic heterocycles. The summed E-state index contributed by atoms with van der Waals surface area (Å²) in [4.78, 5) is 18.7. The SMILES string of the molecule is Cc1ccccc1C(C)NC(=O)N(C)Cc1nc2ccccc2s1. The molecule has 0 fully saturated rings. The van der Waals surface area contributed by atoms with Crippen LogP contribution in [0.2, 0.25) is 0 Å². The molecule has 4 nitrogen and oxygen atoms in total. The Hall–Kier alpha value is -2.40. The number of carbonyl (C=O) groups is 1. The van der Waals surface area contributed by atoms with E-state index in [9.17, 15) is 4.79 Å². The zero-order chi connectivity index (χ0) is 17.1. The van der Waals surface area contributed by atoms with Crippen LogP contribution in [0.3, 0.4) is 0 Å². The number of fused-ring (bicyclic) bond motifs is 1. The summed E-state index contributed by atoms with van der Waals surface area (Å²) in [6.45, 7) is 4.57. The first kappa shape index (κ1) is 16.5. The van der Waals surface area contributed by atoms with Gasteiger partial charge in [0.15, 0.2) is 0 Å². The first-order chi connectivity index (χ1) is 11.5. The highest BCUT2D eigenvalue weighted by Crippen LogP contribution is 2.22. The predicted molar refractivity (Wildman–Crippen MR) is 99.2 cm³/mol. The van der Waals surface area contributed by atoms with Crippen molar-refractivity contribution in [2.75, 3.05) is 7.05 Å². The van der Waals surface area contributed by atoms with Crippen molar-refractivity contribution in [2.45, 2.75) is 26.4 Å². The van der Waals surface area contributed by atoms with Gasteiger partial charge < -0.3 is 10.2 Å². The number of aryl methyl sites for hydroxylation is 1. The zero-order valence-electron chi connectivity index (χ0n) is 14.1. The van der Waals surface area contributed by atoms with E-state index in [1.165, 1.54) is 5.56 Å². The Morgan fingerprint density at radius 2 is 1.92 bits per heavy atom. The molecule has 1 N–H and O–H groups in total. The van der Waals surface area contributed by atoms with E-state index in [0.29, 0.717) is 6.54 Å². The molecule has 0 spiro atoms. The summed E-state index contributed by atoms with van der Waals surface area (Å²) in [5.74, 6) is 0. The fourth-order valence-corrected chi connectivity index (χ4v) is 3.73. The number of urea groups is 1. The molecule has 2 amide bonds. The third-order valence-corrected chi connectivity index (χ3v) is 5.07. The van der Waals surface area contributed by atoms with Gasteiger partial charge in [-0.3, -0.25) is 0 Å². The average molecular weight is 339 g/mol. The molecule has 2 aromatic carbocycles. The topological polar surface area (TPSA) is 45.2 Å². The highest BCUT2D eigenvalue weighted by atomic mass is 32.1. The van der Waals surface area contributed by atoms with Gasteiger partial charge in [0, 0.05) is 7.05 Å². The van der Waals surface area contributed by atoms with Gasteiger partial charge in [-0.15, -0.1) is 11.3 Å². The lowest BCUT2D eigenvalue weighted by Crippen LogP contribution is -2.38. The smallest absolute Gasteiger partial charge is 0.317 e. The molecular weight excluding hydrogens is 318 g/mol. The molecule has 5 heteroatoms. The Labute approximate surface area is 146 Å². The van der Waals surface area contributed by atoms with Crippen molar-refractivity contribution in [3.05, 3.63) is 64.7 Å². The van der Waals surface area contributed by atoms with E-state index in [4.69, 9.17) is 0 Å². The number of nitrogens with zero attached hydrogens (tertiary/aromatic N) is 2. The van der Waals surface area contributed by atoms with Gasteiger partial charge in [-0.1, -0.05) is 36.4 Å². The van der Waals surface area contributed by atoms with Crippen LogP contribution in [0.4, 0.5) is 4.79 Å². The average Bonchev–Trinajstić information content (AvgIpc) is 2.97. The van der Waals surface area contributed by atoms with Crippen LogP contribution in [0.1, 0.15) is 29.1 Å². The standard InChI is InChI=1S/C19H21N3OS/c1-13-8-4-5-9-15(13)14(2)20-19(23)22(3)12-18-21-16-10-6-7-11-17(16)24-18/h4-11,14H,12H2,1-3H3,(H,20,23). The van der Waals surface area contributed by atoms with Gasteiger partial charge in [-0.05, 0) is 37.1 Å². The predicted octanol–water partition coefficient (Wildman–Crippen LogP) is 4.51. The van der Waals surface area contributed by atoms with Gasteiger partial charge in [0.2, 0.25) is 0 Å². The van der Waals surface area contributed by atoms with Crippen LogP contribution in [0, 0.1) is 6.92 Å². The van der Waals surface area contributed by atoms with Crippen LogP contribution >= 0.6 is 11.3 Å². The summed E-state index contributed by atoms with van der Waals surface area (Å²) < 4.78 is 1.15. The molecule has 0 saturated heterocycles. The molecule has 0 saturated carbocycles. The van der Waals surface area contributed by atoms with Crippen LogP contribution in [-0.4, -0.2) is 23.0 Å². The fourth-order valence-electron chi connectivity index (χ4n) is 2.71. The van der Waals surface area contributed by atoms with E-state index in [1.54, 1.807) is 23.3 Å². The van der Waals surface area contributed by atoms with E-state index in [2.05, 4.69) is 29.4 Å². The minimum Gasteiger partial charge on any atom is -0.331 e. The summed E-state index contributed by atoms with van der Waals surface area (Å²) in [6.07, 6.45) is 0. The molecule has 0 aliphatic heterocycles. The Kier molecular flexibility index (Phi) is 4.81. The minimum absolute atomic E-state index is 0.0310. The highest BCUT2D eigenvalue weighted by molar-refractivity contribution is 7.18. The van der Waals surface area contributed by atoms with Crippen molar-refractivity contribution in [3.8, 4) is 0 Å². The van der Waals surface area contributed by atoms with E-state index in [0.717, 1.165) is 20.8 Å². The van der Waals surface area contributed by atoms with Gasteiger partial charge in [-0.2, -0.15) is 0 Å². The number of hydrogen-bond donors (Lipinski definition) is 1. The molecule has 0 radical (unpaired) electrons. The lowest BCUT2D eigenvalue weighted by molar-refractivity contribution is 0.203. The molecular formula is C19H21N3OS. The maximum atomic E-state index is 12.4. The lowest BCUT2D eigenvalue weighted by Gasteiger charge is -2.21. The molecule has 1 heterocycles. The quantitative estimate of drug-likeness (QED) is 0.760. The fraction of sp³-hybridized carbons (Fsp3) is 0.263. The number of nitrogens with one attached hydrogen (secondary N) is 1. The highest BCUT2D eigenvalue weighted by Gasteiger charge is 2.16. The minimum atomic E-state index is -0.0926. The number of rotatable bonds is 4. The summed E-state index contributed by atoms with van der Waals surface area (Å²) in [5.41, 5.74) is 3.30. The summed E-state index contributed by atoms with van der Waals surface area (Å²) in [5, 5.41) is 4.00. The van der Waals surface area contributed by atoms with Crippen LogP contribution in [0.15, 0.2) is 48.5 Å². The largest absolute Gasteiger partial charge is 0.331 e. The second kappa shape index (κ2) is 7.01. The summed E-state index contributed by atoms with van der Waals surface area (Å²) in [7, 11) is 1.80. The first-order valence-corrected chi connectivity index (χ1v) is 8.78. The number of amides is 2. The maximum Gasteiger partial charge on any atom is 0.317 e. The molecule has 0 aliphatic carbocycles. The normalized spacial score (nSPS) is 12.1. The molecule has 3 aromatic rings. The molecule has 24 heavy (non-hydrogen) atoms. The monoisotopic (exact) mass is 339 g/mol. The number of hydrogen-bond acceptors (Lipinski definition) is 3. The van der Waals surface area contributed by atoms with Gasteiger partial charge in [0.1, 0.15) is 5.01 Å². The van der Waals surface area contributed by atoms with Crippen molar-refractivity contribution < 1.29 is 4.79 Å². The number of carbonyl (C=O) groups excluding carboxylic acids is 1. The van der Waals surface area contributed by atoms with Crippen molar-refractivity contribution >= 4 is 27.6 Å². The molecule has 0 aliphatic rings. The van der Waals surface area contributed by atoms with E-state index in [1.807, 2.05) is 43.3 Å². The third-order valence-electron chi connectivity index (χ3n) is 4.05. The van der Waals surface area contributed by atoms with E-state index in [-0.39, 0.29) is 12.1 Å². The Morgan fingerprint density at radius 3 is 2.67 bits per heavy atom. The third kappa shape index (κ3) is 3.57. The van der Waals surface area contributed by atoms with Crippen LogP contribution in [0.25, 0.3) is 10.2 Å². The summed E-state index contributed by atoms with van der Waals surface area (Å²) >= 11 is 1.63. The Bertz CT molecular complexity index is 825. The van der Waals surface area contributed by atoms with Crippen molar-refractivity contribution in [3.63, 3.8) is 0 Å². The lowest BCUT2D eigenvalue weighted by atomic mass is 10.0. The number of para-hydroxylation sites is 1.